The van der Waals surface area contributed by atoms with Crippen LogP contribution in [0, 0.1) is 40.4 Å². The molecular formula is C21H36O2. The Morgan fingerprint density at radius 2 is 1.91 bits per heavy atom. The van der Waals surface area contributed by atoms with Crippen molar-refractivity contribution >= 4 is 5.97 Å². The zero-order valence-corrected chi connectivity index (χ0v) is 15.6. The molecule has 0 amide bonds. The zero-order valence-electron chi connectivity index (χ0n) is 15.6. The molecule has 0 aliphatic heterocycles. The zero-order chi connectivity index (χ0) is 16.8. The van der Waals surface area contributed by atoms with Crippen molar-refractivity contribution in [1.29, 1.82) is 0 Å². The molecule has 2 heteroatoms. The molecule has 3 unspecified atom stereocenters. The molecule has 6 atom stereocenters. The SMILES string of the molecule is CC[C@@]1(C(=O)O)CCC[C@@]2(C)C1CCC1CC(C(C)C)CC[C@@H]12. The van der Waals surface area contributed by atoms with E-state index in [1.54, 1.807) is 0 Å². The van der Waals surface area contributed by atoms with Crippen molar-refractivity contribution in [2.45, 2.75) is 85.5 Å². The smallest absolute Gasteiger partial charge is 0.309 e. The van der Waals surface area contributed by atoms with E-state index >= 15 is 0 Å². The molecule has 23 heavy (non-hydrogen) atoms. The van der Waals surface area contributed by atoms with E-state index in [2.05, 4.69) is 27.7 Å². The predicted molar refractivity (Wildman–Crippen MR) is 94.2 cm³/mol. The lowest BCUT2D eigenvalue weighted by Gasteiger charge is -2.61. The van der Waals surface area contributed by atoms with Crippen LogP contribution in [0.5, 0.6) is 0 Å². The molecule has 0 spiro atoms. The average Bonchev–Trinajstić information content (AvgIpc) is 2.52. The number of carboxylic acid groups (broad SMARTS) is 1. The van der Waals surface area contributed by atoms with Crippen LogP contribution in [0.15, 0.2) is 0 Å². The van der Waals surface area contributed by atoms with Gasteiger partial charge in [-0.25, -0.2) is 0 Å². The number of carboxylic acids is 1. The third-order valence-corrected chi connectivity index (χ3v) is 8.50. The normalized spacial score (nSPS) is 47.0. The Labute approximate surface area is 142 Å². The highest BCUT2D eigenvalue weighted by Gasteiger charge is 2.60. The lowest BCUT2D eigenvalue weighted by atomic mass is 9.43. The molecule has 1 N–H and O–H groups in total. The van der Waals surface area contributed by atoms with E-state index in [0.29, 0.717) is 5.92 Å². The fourth-order valence-electron chi connectivity index (χ4n) is 7.12. The molecule has 132 valence electrons. The molecule has 0 aromatic rings. The maximum Gasteiger partial charge on any atom is 0.309 e. The first kappa shape index (κ1) is 17.3. The van der Waals surface area contributed by atoms with Gasteiger partial charge in [0, 0.05) is 0 Å². The van der Waals surface area contributed by atoms with Crippen molar-refractivity contribution in [3.8, 4) is 0 Å². The van der Waals surface area contributed by atoms with Gasteiger partial charge in [0.15, 0.2) is 0 Å². The number of hydrogen-bond acceptors (Lipinski definition) is 1. The molecule has 0 radical (unpaired) electrons. The average molecular weight is 321 g/mol. The molecular weight excluding hydrogens is 284 g/mol. The highest BCUT2D eigenvalue weighted by Crippen LogP contribution is 2.65. The van der Waals surface area contributed by atoms with Crippen molar-refractivity contribution in [2.24, 2.45) is 40.4 Å². The van der Waals surface area contributed by atoms with Gasteiger partial charge < -0.3 is 5.11 Å². The molecule has 3 saturated carbocycles. The monoisotopic (exact) mass is 320 g/mol. The molecule has 0 heterocycles. The summed E-state index contributed by atoms with van der Waals surface area (Å²) < 4.78 is 0. The standard InChI is InChI=1S/C21H36O2/c1-5-21(19(22)23)12-6-11-20(4)17-9-7-15(14(2)3)13-16(17)8-10-18(20)21/h14-18H,5-13H2,1-4H3,(H,22,23)/t15?,16?,17-,18?,20+,21+/m0/s1. The summed E-state index contributed by atoms with van der Waals surface area (Å²) in [5.41, 5.74) is -0.162. The van der Waals surface area contributed by atoms with Gasteiger partial charge in [0.05, 0.1) is 5.41 Å². The Bertz CT molecular complexity index is 457. The third-order valence-electron chi connectivity index (χ3n) is 8.50. The maximum atomic E-state index is 12.2. The second kappa shape index (κ2) is 6.08. The van der Waals surface area contributed by atoms with Crippen LogP contribution in [-0.2, 0) is 4.79 Å². The fourth-order valence-corrected chi connectivity index (χ4v) is 7.12. The van der Waals surface area contributed by atoms with Gasteiger partial charge in [0.1, 0.15) is 0 Å². The molecule has 0 saturated heterocycles. The Hall–Kier alpha value is -0.530. The topological polar surface area (TPSA) is 37.3 Å². The maximum absolute atomic E-state index is 12.2. The van der Waals surface area contributed by atoms with Crippen molar-refractivity contribution in [3.05, 3.63) is 0 Å². The number of aliphatic carboxylic acids is 1. The highest BCUT2D eigenvalue weighted by atomic mass is 16.4. The molecule has 0 aromatic heterocycles. The molecule has 2 nitrogen and oxygen atoms in total. The molecule has 3 aliphatic carbocycles. The van der Waals surface area contributed by atoms with E-state index in [1.807, 2.05) is 0 Å². The van der Waals surface area contributed by atoms with Gasteiger partial charge in [-0.2, -0.15) is 0 Å². The first-order valence-electron chi connectivity index (χ1n) is 10.1. The van der Waals surface area contributed by atoms with Gasteiger partial charge >= 0.3 is 5.97 Å². The first-order chi connectivity index (χ1) is 10.8. The Morgan fingerprint density at radius 3 is 2.52 bits per heavy atom. The lowest BCUT2D eigenvalue weighted by Crippen LogP contribution is -2.56. The minimum Gasteiger partial charge on any atom is -0.481 e. The molecule has 3 aliphatic rings. The predicted octanol–water partition coefficient (Wildman–Crippen LogP) is 5.76. The van der Waals surface area contributed by atoms with Crippen LogP contribution in [0.4, 0.5) is 0 Å². The van der Waals surface area contributed by atoms with Crippen LogP contribution in [0.1, 0.15) is 85.5 Å². The quantitative estimate of drug-likeness (QED) is 0.718. The Morgan fingerprint density at radius 1 is 1.17 bits per heavy atom. The van der Waals surface area contributed by atoms with Crippen molar-refractivity contribution in [1.82, 2.24) is 0 Å². The Kier molecular flexibility index (Phi) is 4.57. The number of hydrogen-bond donors (Lipinski definition) is 1. The van der Waals surface area contributed by atoms with Gasteiger partial charge in [-0.15, -0.1) is 0 Å². The minimum absolute atomic E-state index is 0.275. The summed E-state index contributed by atoms with van der Waals surface area (Å²) in [6.07, 6.45) is 10.7. The molecule has 3 fully saturated rings. The summed E-state index contributed by atoms with van der Waals surface area (Å²) >= 11 is 0. The summed E-state index contributed by atoms with van der Waals surface area (Å²) in [4.78, 5) is 12.2. The molecule has 0 aromatic carbocycles. The van der Waals surface area contributed by atoms with Crippen LogP contribution in [0.2, 0.25) is 0 Å². The van der Waals surface area contributed by atoms with Gasteiger partial charge in [-0.3, -0.25) is 4.79 Å². The van der Waals surface area contributed by atoms with Gasteiger partial charge in [-0.1, -0.05) is 34.1 Å². The van der Waals surface area contributed by atoms with Crippen molar-refractivity contribution in [3.63, 3.8) is 0 Å². The second-order valence-corrected chi connectivity index (χ2v) is 9.49. The van der Waals surface area contributed by atoms with E-state index in [-0.39, 0.29) is 5.41 Å². The second-order valence-electron chi connectivity index (χ2n) is 9.49. The summed E-state index contributed by atoms with van der Waals surface area (Å²) in [5, 5.41) is 10.1. The summed E-state index contributed by atoms with van der Waals surface area (Å²) in [7, 11) is 0. The van der Waals surface area contributed by atoms with E-state index in [0.717, 1.165) is 49.4 Å². The van der Waals surface area contributed by atoms with Crippen LogP contribution in [0.25, 0.3) is 0 Å². The third kappa shape index (κ3) is 2.55. The van der Waals surface area contributed by atoms with E-state index < -0.39 is 11.4 Å². The lowest BCUT2D eigenvalue weighted by molar-refractivity contribution is -0.176. The van der Waals surface area contributed by atoms with Crippen LogP contribution < -0.4 is 0 Å². The molecule has 3 rings (SSSR count). The first-order valence-corrected chi connectivity index (χ1v) is 10.1. The van der Waals surface area contributed by atoms with Gasteiger partial charge in [-0.05, 0) is 86.4 Å². The van der Waals surface area contributed by atoms with E-state index in [1.165, 1.54) is 32.1 Å². The van der Waals surface area contributed by atoms with Gasteiger partial charge in [0.25, 0.3) is 0 Å². The van der Waals surface area contributed by atoms with E-state index in [4.69, 9.17) is 0 Å². The van der Waals surface area contributed by atoms with Crippen molar-refractivity contribution < 1.29 is 9.90 Å². The largest absolute Gasteiger partial charge is 0.481 e. The Balaban J connectivity index is 1.88. The number of carbonyl (C=O) groups is 1. The number of fused-ring (bicyclic) bond motifs is 3. The minimum atomic E-state index is -0.509. The fraction of sp³-hybridized carbons (Fsp3) is 0.952. The summed E-state index contributed by atoms with van der Waals surface area (Å²) in [6.45, 7) is 9.34. The summed E-state index contributed by atoms with van der Waals surface area (Å²) in [6, 6.07) is 0. The van der Waals surface area contributed by atoms with Crippen LogP contribution in [-0.4, -0.2) is 11.1 Å². The molecule has 0 bridgehead atoms. The number of rotatable bonds is 3. The summed E-state index contributed by atoms with van der Waals surface area (Å²) in [5.74, 6) is 3.24. The van der Waals surface area contributed by atoms with Crippen molar-refractivity contribution in [2.75, 3.05) is 0 Å². The van der Waals surface area contributed by atoms with Gasteiger partial charge in [0.2, 0.25) is 0 Å². The van der Waals surface area contributed by atoms with Crippen LogP contribution >= 0.6 is 0 Å². The van der Waals surface area contributed by atoms with Crippen LogP contribution in [0.3, 0.4) is 0 Å². The van der Waals surface area contributed by atoms with E-state index in [9.17, 15) is 9.90 Å². The highest BCUT2D eigenvalue weighted by molar-refractivity contribution is 5.75.